The molecule has 0 rings (SSSR count). The van der Waals surface area contributed by atoms with Gasteiger partial charge in [-0.15, -0.1) is 6.58 Å². The van der Waals surface area contributed by atoms with Crippen molar-refractivity contribution in [3.63, 3.8) is 0 Å². The Kier molecular flexibility index (Phi) is 12.3. The lowest BCUT2D eigenvalue weighted by atomic mass is 9.81. The van der Waals surface area contributed by atoms with E-state index in [0.717, 1.165) is 50.1 Å². The normalized spacial score (nSPS) is 14.4. The highest BCUT2D eigenvalue weighted by Crippen LogP contribution is 2.36. The van der Waals surface area contributed by atoms with Crippen LogP contribution in [0.15, 0.2) is 24.3 Å². The van der Waals surface area contributed by atoms with E-state index in [1.165, 1.54) is 12.0 Å². The van der Waals surface area contributed by atoms with E-state index < -0.39 is 8.32 Å². The Bertz CT molecular complexity index is 400. The van der Waals surface area contributed by atoms with Crippen LogP contribution in [-0.2, 0) is 9.22 Å². The second kappa shape index (κ2) is 12.6. The van der Waals surface area contributed by atoms with Crippen LogP contribution in [0.4, 0.5) is 0 Å². The number of allylic oxidation sites excluding steroid dienone is 3. The van der Waals surface area contributed by atoms with E-state index in [1.54, 1.807) is 0 Å². The minimum Gasteiger partial charge on any atom is -0.413 e. The SMILES string of the molecule is C=CCCC/C=C(\C)CCC(O[Si](CC)(CC)CC)C(C)(C)CC=O. The van der Waals surface area contributed by atoms with Crippen molar-refractivity contribution in [2.75, 3.05) is 0 Å². The van der Waals surface area contributed by atoms with Crippen molar-refractivity contribution >= 4 is 14.6 Å². The molecule has 1 atom stereocenters. The Morgan fingerprint density at radius 1 is 1.16 bits per heavy atom. The molecule has 3 heteroatoms. The van der Waals surface area contributed by atoms with Gasteiger partial charge in [0.05, 0.1) is 6.10 Å². The standard InChI is InChI=1S/C22H42O2Si/c1-8-12-13-14-15-20(5)16-17-21(22(6,7)18-19-23)24-25(9-2,10-3)11-4/h8,15,19,21H,1,9-14,16-18H2,2-7H3/b20-15+. The molecule has 0 aliphatic carbocycles. The van der Waals surface area contributed by atoms with Gasteiger partial charge in [0.2, 0.25) is 0 Å². The topological polar surface area (TPSA) is 26.3 Å². The molecule has 0 fully saturated rings. The Morgan fingerprint density at radius 2 is 1.76 bits per heavy atom. The van der Waals surface area contributed by atoms with Crippen LogP contribution in [0.3, 0.4) is 0 Å². The fourth-order valence-corrected chi connectivity index (χ4v) is 6.37. The first-order valence-electron chi connectivity index (χ1n) is 10.2. The summed E-state index contributed by atoms with van der Waals surface area (Å²) in [4.78, 5) is 11.2. The van der Waals surface area contributed by atoms with Gasteiger partial charge in [0.15, 0.2) is 8.32 Å². The van der Waals surface area contributed by atoms with Crippen LogP contribution in [0.1, 0.15) is 80.1 Å². The average Bonchev–Trinajstić information content (AvgIpc) is 2.59. The molecule has 1 unspecified atom stereocenters. The summed E-state index contributed by atoms with van der Waals surface area (Å²) < 4.78 is 6.84. The van der Waals surface area contributed by atoms with Crippen LogP contribution >= 0.6 is 0 Å². The molecule has 0 bridgehead atoms. The molecular weight excluding hydrogens is 324 g/mol. The summed E-state index contributed by atoms with van der Waals surface area (Å²) in [6, 6.07) is 3.47. The highest BCUT2D eigenvalue weighted by Gasteiger charge is 2.38. The monoisotopic (exact) mass is 366 g/mol. The molecule has 0 radical (unpaired) electrons. The van der Waals surface area contributed by atoms with Gasteiger partial charge in [-0.25, -0.2) is 0 Å². The lowest BCUT2D eigenvalue weighted by Crippen LogP contribution is -2.45. The number of carbonyl (C=O) groups is 1. The summed E-state index contributed by atoms with van der Waals surface area (Å²) in [7, 11) is -1.67. The third kappa shape index (κ3) is 9.00. The number of hydrogen-bond acceptors (Lipinski definition) is 2. The molecule has 2 nitrogen and oxygen atoms in total. The van der Waals surface area contributed by atoms with Crippen LogP contribution in [-0.4, -0.2) is 20.7 Å². The van der Waals surface area contributed by atoms with Crippen LogP contribution in [0.2, 0.25) is 18.1 Å². The molecule has 0 amide bonds. The van der Waals surface area contributed by atoms with Crippen LogP contribution in [0.25, 0.3) is 0 Å². The maximum atomic E-state index is 11.2. The zero-order valence-electron chi connectivity index (χ0n) is 17.7. The van der Waals surface area contributed by atoms with Crippen molar-refractivity contribution in [2.24, 2.45) is 5.41 Å². The Hall–Kier alpha value is -0.673. The lowest BCUT2D eigenvalue weighted by molar-refractivity contribution is -0.111. The second-order valence-corrected chi connectivity index (χ2v) is 12.7. The molecule has 0 aliphatic heterocycles. The molecule has 0 aromatic rings. The van der Waals surface area contributed by atoms with Crippen molar-refractivity contribution in [1.82, 2.24) is 0 Å². The molecule has 0 N–H and O–H groups in total. The van der Waals surface area contributed by atoms with Crippen molar-refractivity contribution < 1.29 is 9.22 Å². The van der Waals surface area contributed by atoms with Crippen molar-refractivity contribution in [1.29, 1.82) is 0 Å². The first kappa shape index (κ1) is 24.3. The number of hydrogen-bond donors (Lipinski definition) is 0. The maximum Gasteiger partial charge on any atom is 0.192 e. The predicted octanol–water partition coefficient (Wildman–Crippen LogP) is 7.07. The van der Waals surface area contributed by atoms with Crippen molar-refractivity contribution in [2.45, 2.75) is 104 Å². The van der Waals surface area contributed by atoms with Gasteiger partial charge in [-0.05, 0) is 62.6 Å². The van der Waals surface area contributed by atoms with Crippen molar-refractivity contribution in [3.8, 4) is 0 Å². The zero-order valence-corrected chi connectivity index (χ0v) is 18.7. The highest BCUT2D eigenvalue weighted by molar-refractivity contribution is 6.73. The van der Waals surface area contributed by atoms with Crippen LogP contribution in [0.5, 0.6) is 0 Å². The van der Waals surface area contributed by atoms with E-state index in [-0.39, 0.29) is 11.5 Å². The molecule has 0 heterocycles. The molecule has 0 aliphatic rings. The van der Waals surface area contributed by atoms with E-state index >= 15 is 0 Å². The predicted molar refractivity (Wildman–Crippen MR) is 114 cm³/mol. The molecule has 0 aromatic heterocycles. The third-order valence-electron chi connectivity index (χ3n) is 5.71. The minimum atomic E-state index is -1.67. The molecule has 0 spiro atoms. The molecule has 0 saturated carbocycles. The second-order valence-electron chi connectivity index (χ2n) is 8.02. The largest absolute Gasteiger partial charge is 0.413 e. The van der Waals surface area contributed by atoms with E-state index in [1.807, 2.05) is 6.08 Å². The van der Waals surface area contributed by atoms with E-state index in [4.69, 9.17) is 4.43 Å². The Labute approximate surface area is 158 Å². The lowest BCUT2D eigenvalue weighted by Gasteiger charge is -2.41. The Balaban J connectivity index is 5.03. The van der Waals surface area contributed by atoms with E-state index in [0.29, 0.717) is 6.42 Å². The van der Waals surface area contributed by atoms with Gasteiger partial charge in [-0.1, -0.05) is 52.3 Å². The Morgan fingerprint density at radius 3 is 2.24 bits per heavy atom. The summed E-state index contributed by atoms with van der Waals surface area (Å²) >= 11 is 0. The number of rotatable bonds is 15. The smallest absolute Gasteiger partial charge is 0.192 e. The van der Waals surface area contributed by atoms with E-state index in [2.05, 4.69) is 54.2 Å². The third-order valence-corrected chi connectivity index (χ3v) is 10.4. The summed E-state index contributed by atoms with van der Waals surface area (Å²) in [6.45, 7) is 17.2. The van der Waals surface area contributed by atoms with Gasteiger partial charge in [-0.2, -0.15) is 0 Å². The molecule has 0 aromatic carbocycles. The number of carbonyl (C=O) groups excluding carboxylic acids is 1. The fourth-order valence-electron chi connectivity index (χ4n) is 3.33. The zero-order chi connectivity index (χ0) is 19.3. The minimum absolute atomic E-state index is 0.0946. The van der Waals surface area contributed by atoms with Gasteiger partial charge in [0.1, 0.15) is 6.29 Å². The van der Waals surface area contributed by atoms with Crippen LogP contribution < -0.4 is 0 Å². The first-order chi connectivity index (χ1) is 11.8. The maximum absolute atomic E-state index is 11.2. The van der Waals surface area contributed by atoms with Crippen molar-refractivity contribution in [3.05, 3.63) is 24.3 Å². The van der Waals surface area contributed by atoms with Gasteiger partial charge < -0.3 is 9.22 Å². The quantitative estimate of drug-likeness (QED) is 0.134. The molecule has 25 heavy (non-hydrogen) atoms. The van der Waals surface area contributed by atoms with Gasteiger partial charge in [-0.3, -0.25) is 0 Å². The summed E-state index contributed by atoms with van der Waals surface area (Å²) in [5, 5.41) is 0. The van der Waals surface area contributed by atoms with E-state index in [9.17, 15) is 4.79 Å². The summed E-state index contributed by atoms with van der Waals surface area (Å²) in [5.74, 6) is 0. The van der Waals surface area contributed by atoms with Gasteiger partial charge in [0.25, 0.3) is 0 Å². The van der Waals surface area contributed by atoms with Gasteiger partial charge >= 0.3 is 0 Å². The number of unbranched alkanes of at least 4 members (excludes halogenated alkanes) is 2. The van der Waals surface area contributed by atoms with Crippen LogP contribution in [0, 0.1) is 5.41 Å². The summed E-state index contributed by atoms with van der Waals surface area (Å²) in [5.41, 5.74) is 1.35. The number of aldehydes is 1. The van der Waals surface area contributed by atoms with Gasteiger partial charge in [0, 0.05) is 6.42 Å². The molecule has 146 valence electrons. The average molecular weight is 367 g/mol. The summed E-state index contributed by atoms with van der Waals surface area (Å²) in [6.07, 6.45) is 11.6. The molecular formula is C22H42O2Si. The fraction of sp³-hybridized carbons (Fsp3) is 0.773. The highest BCUT2D eigenvalue weighted by atomic mass is 28.4. The molecule has 0 saturated heterocycles. The first-order valence-corrected chi connectivity index (χ1v) is 12.7.